The van der Waals surface area contributed by atoms with E-state index in [0.717, 1.165) is 0 Å². The van der Waals surface area contributed by atoms with Gasteiger partial charge in [0.15, 0.2) is 0 Å². The lowest BCUT2D eigenvalue weighted by molar-refractivity contribution is -0.143. The predicted octanol–water partition coefficient (Wildman–Crippen LogP) is 0.842. The van der Waals surface area contributed by atoms with Gasteiger partial charge in [-0.3, -0.25) is 0 Å². The molecule has 1 saturated heterocycles. The number of amides is 1. The molecular weight excluding hydrogens is 226 g/mol. The summed E-state index contributed by atoms with van der Waals surface area (Å²) in [6, 6.07) is -0.720. The third-order valence-corrected chi connectivity index (χ3v) is 2.08. The van der Waals surface area contributed by atoms with Crippen LogP contribution in [-0.2, 0) is 19.0 Å². The van der Waals surface area contributed by atoms with E-state index in [9.17, 15) is 9.59 Å². The lowest BCUT2D eigenvalue weighted by Gasteiger charge is -2.22. The molecule has 1 amide bonds. The summed E-state index contributed by atoms with van der Waals surface area (Å²) in [5.74, 6) is -0.494. The Morgan fingerprint density at radius 1 is 1.47 bits per heavy atom. The SMILES string of the molecule is COC(=O)C(CC1CO1)NC(=O)OC(C)(C)C. The second kappa shape index (κ2) is 5.35. The van der Waals surface area contributed by atoms with Crippen LogP contribution in [0.25, 0.3) is 0 Å². The Bertz CT molecular complexity index is 293. The summed E-state index contributed by atoms with van der Waals surface area (Å²) >= 11 is 0. The van der Waals surface area contributed by atoms with Crippen molar-refractivity contribution in [2.45, 2.75) is 44.9 Å². The van der Waals surface area contributed by atoms with Gasteiger partial charge in [-0.1, -0.05) is 0 Å². The number of rotatable bonds is 4. The molecule has 1 N–H and O–H groups in total. The number of hydrogen-bond donors (Lipinski definition) is 1. The Hall–Kier alpha value is -1.30. The van der Waals surface area contributed by atoms with Crippen molar-refractivity contribution in [3.63, 3.8) is 0 Å². The van der Waals surface area contributed by atoms with Crippen LogP contribution in [0.15, 0.2) is 0 Å². The predicted molar refractivity (Wildman–Crippen MR) is 59.5 cm³/mol. The van der Waals surface area contributed by atoms with Gasteiger partial charge in [-0.15, -0.1) is 0 Å². The molecule has 1 aliphatic heterocycles. The molecule has 98 valence electrons. The maximum Gasteiger partial charge on any atom is 0.408 e. The summed E-state index contributed by atoms with van der Waals surface area (Å²) in [7, 11) is 1.28. The number of carbonyl (C=O) groups excluding carboxylic acids is 2. The van der Waals surface area contributed by atoms with E-state index >= 15 is 0 Å². The first-order valence-corrected chi connectivity index (χ1v) is 5.51. The summed E-state index contributed by atoms with van der Waals surface area (Å²) < 4.78 is 14.7. The van der Waals surface area contributed by atoms with Crippen molar-refractivity contribution < 1.29 is 23.8 Å². The van der Waals surface area contributed by atoms with Crippen LogP contribution >= 0.6 is 0 Å². The molecule has 0 bridgehead atoms. The first kappa shape index (κ1) is 13.8. The number of epoxide rings is 1. The minimum absolute atomic E-state index is 0.0223. The number of hydrogen-bond acceptors (Lipinski definition) is 5. The Balaban J connectivity index is 2.46. The van der Waals surface area contributed by atoms with E-state index in [4.69, 9.17) is 9.47 Å². The van der Waals surface area contributed by atoms with E-state index in [2.05, 4.69) is 10.1 Å². The number of ether oxygens (including phenoxy) is 3. The molecule has 0 radical (unpaired) electrons. The minimum Gasteiger partial charge on any atom is -0.467 e. The molecule has 1 fully saturated rings. The summed E-state index contributed by atoms with van der Waals surface area (Å²) in [5.41, 5.74) is -0.596. The van der Waals surface area contributed by atoms with Crippen LogP contribution < -0.4 is 5.32 Å². The van der Waals surface area contributed by atoms with Gasteiger partial charge in [0.2, 0.25) is 0 Å². The molecule has 1 aliphatic rings. The summed E-state index contributed by atoms with van der Waals surface area (Å²) in [6.45, 7) is 5.88. The largest absolute Gasteiger partial charge is 0.467 e. The van der Waals surface area contributed by atoms with Gasteiger partial charge in [-0.05, 0) is 20.8 Å². The molecule has 6 nitrogen and oxygen atoms in total. The van der Waals surface area contributed by atoms with Gasteiger partial charge in [0.1, 0.15) is 11.6 Å². The van der Waals surface area contributed by atoms with Gasteiger partial charge in [0.05, 0.1) is 19.8 Å². The van der Waals surface area contributed by atoms with Gasteiger partial charge in [0.25, 0.3) is 0 Å². The highest BCUT2D eigenvalue weighted by atomic mass is 16.6. The fourth-order valence-electron chi connectivity index (χ4n) is 1.27. The Labute approximate surface area is 101 Å². The zero-order chi connectivity index (χ0) is 13.1. The monoisotopic (exact) mass is 245 g/mol. The molecule has 0 aromatic heterocycles. The number of alkyl carbamates (subject to hydrolysis) is 1. The summed E-state index contributed by atoms with van der Waals surface area (Å²) in [4.78, 5) is 22.9. The first-order valence-electron chi connectivity index (χ1n) is 5.51. The van der Waals surface area contributed by atoms with Crippen molar-refractivity contribution in [2.75, 3.05) is 13.7 Å². The summed E-state index contributed by atoms with van der Waals surface area (Å²) in [6.07, 6.45) is -0.200. The van der Waals surface area contributed by atoms with E-state index in [1.807, 2.05) is 0 Å². The van der Waals surface area contributed by atoms with E-state index in [1.54, 1.807) is 20.8 Å². The molecule has 0 aliphatic carbocycles. The van der Waals surface area contributed by atoms with Gasteiger partial charge >= 0.3 is 12.1 Å². The van der Waals surface area contributed by atoms with Gasteiger partial charge in [0, 0.05) is 6.42 Å². The van der Waals surface area contributed by atoms with E-state index in [1.165, 1.54) is 7.11 Å². The van der Waals surface area contributed by atoms with E-state index < -0.39 is 23.7 Å². The van der Waals surface area contributed by atoms with Crippen molar-refractivity contribution in [1.29, 1.82) is 0 Å². The fourth-order valence-corrected chi connectivity index (χ4v) is 1.27. The number of esters is 1. The smallest absolute Gasteiger partial charge is 0.408 e. The minimum atomic E-state index is -0.720. The van der Waals surface area contributed by atoms with Crippen molar-refractivity contribution >= 4 is 12.1 Å². The third kappa shape index (κ3) is 5.53. The highest BCUT2D eigenvalue weighted by Crippen LogP contribution is 2.17. The normalized spacial score (nSPS) is 20.4. The number of carbonyl (C=O) groups is 2. The highest BCUT2D eigenvalue weighted by molar-refractivity contribution is 5.81. The second-order valence-electron chi connectivity index (χ2n) is 4.91. The highest BCUT2D eigenvalue weighted by Gasteiger charge is 2.33. The molecule has 2 atom stereocenters. The lowest BCUT2D eigenvalue weighted by atomic mass is 10.1. The molecule has 0 aromatic rings. The van der Waals surface area contributed by atoms with Crippen molar-refractivity contribution in [3.8, 4) is 0 Å². The maximum absolute atomic E-state index is 11.5. The van der Waals surface area contributed by atoms with Crippen LogP contribution in [0.5, 0.6) is 0 Å². The van der Waals surface area contributed by atoms with Gasteiger partial charge in [-0.25, -0.2) is 9.59 Å². The Kier molecular flexibility index (Phi) is 4.34. The zero-order valence-corrected chi connectivity index (χ0v) is 10.6. The molecule has 1 heterocycles. The zero-order valence-electron chi connectivity index (χ0n) is 10.6. The molecule has 1 rings (SSSR count). The van der Waals surface area contributed by atoms with Crippen molar-refractivity contribution in [2.24, 2.45) is 0 Å². The molecule has 2 unspecified atom stereocenters. The third-order valence-electron chi connectivity index (χ3n) is 2.08. The molecule has 0 spiro atoms. The van der Waals surface area contributed by atoms with Crippen LogP contribution in [0, 0.1) is 0 Å². The van der Waals surface area contributed by atoms with Gasteiger partial charge < -0.3 is 19.5 Å². The molecular formula is C11H19NO5. The standard InChI is InChI=1S/C11H19NO5/c1-11(2,3)17-10(14)12-8(9(13)15-4)5-7-6-16-7/h7-8H,5-6H2,1-4H3,(H,12,14). The first-order chi connectivity index (χ1) is 7.81. The van der Waals surface area contributed by atoms with E-state index in [0.29, 0.717) is 13.0 Å². The second-order valence-corrected chi connectivity index (χ2v) is 4.91. The molecule has 0 aromatic carbocycles. The number of methoxy groups -OCH3 is 1. The van der Waals surface area contributed by atoms with Crippen LogP contribution in [0.3, 0.4) is 0 Å². The van der Waals surface area contributed by atoms with E-state index in [-0.39, 0.29) is 6.10 Å². The van der Waals surface area contributed by atoms with Crippen LogP contribution in [0.2, 0.25) is 0 Å². The Morgan fingerprint density at radius 2 is 2.06 bits per heavy atom. The Morgan fingerprint density at radius 3 is 2.47 bits per heavy atom. The lowest BCUT2D eigenvalue weighted by Crippen LogP contribution is -2.44. The van der Waals surface area contributed by atoms with Crippen molar-refractivity contribution in [1.82, 2.24) is 5.32 Å². The van der Waals surface area contributed by atoms with Crippen LogP contribution in [0.1, 0.15) is 27.2 Å². The molecule has 6 heteroatoms. The van der Waals surface area contributed by atoms with Crippen LogP contribution in [-0.4, -0.2) is 43.5 Å². The maximum atomic E-state index is 11.5. The summed E-state index contributed by atoms with van der Waals surface area (Å²) in [5, 5.41) is 2.48. The van der Waals surface area contributed by atoms with Gasteiger partial charge in [-0.2, -0.15) is 0 Å². The average molecular weight is 245 g/mol. The number of nitrogens with one attached hydrogen (secondary N) is 1. The van der Waals surface area contributed by atoms with Crippen LogP contribution in [0.4, 0.5) is 4.79 Å². The topological polar surface area (TPSA) is 77.2 Å². The molecule has 0 saturated carbocycles. The quantitative estimate of drug-likeness (QED) is 0.586. The molecule has 17 heavy (non-hydrogen) atoms. The fraction of sp³-hybridized carbons (Fsp3) is 0.818. The average Bonchev–Trinajstić information content (AvgIpc) is 2.96. The van der Waals surface area contributed by atoms with Crippen molar-refractivity contribution in [3.05, 3.63) is 0 Å².